The number of halogens is 1. The molecule has 1 atom stereocenters. The smallest absolute Gasteiger partial charge is 0.122 e. The van der Waals surface area contributed by atoms with Crippen LogP contribution in [0.4, 0.5) is 0 Å². The minimum absolute atomic E-state index is 0.251. The Hall–Kier alpha value is -2.37. The third-order valence-electron chi connectivity index (χ3n) is 6.04. The minimum Gasteiger partial charge on any atom is -0.491 e. The van der Waals surface area contributed by atoms with Crippen molar-refractivity contribution in [2.24, 2.45) is 0 Å². The van der Waals surface area contributed by atoms with Gasteiger partial charge in [0.1, 0.15) is 18.5 Å². The highest BCUT2D eigenvalue weighted by atomic mass is 35.5. The van der Waals surface area contributed by atoms with Crippen LogP contribution in [0.3, 0.4) is 0 Å². The monoisotopic (exact) mass is 450 g/mol. The lowest BCUT2D eigenvalue weighted by Gasteiger charge is -2.40. The van der Waals surface area contributed by atoms with Gasteiger partial charge < -0.3 is 9.84 Å². The van der Waals surface area contributed by atoms with Crippen LogP contribution in [-0.4, -0.2) is 60.3 Å². The Morgan fingerprint density at radius 1 is 0.875 bits per heavy atom. The van der Waals surface area contributed by atoms with Crippen LogP contribution >= 0.6 is 11.6 Å². The first-order valence-electron chi connectivity index (χ1n) is 11.2. The number of aliphatic hydroxyl groups excluding tert-OH is 1. The second kappa shape index (κ2) is 11.0. The standard InChI is InChI=1S/C27H31ClN2O2/c1-21-18-24(28)12-13-26(21)32-20-25(31)19-29-14-16-30(17-15-29)27(22-8-4-2-5-9-22)23-10-6-3-7-11-23/h2-13,18,25,27,31H,14-17,19-20H2,1H3/t25-/m1/s1. The van der Waals surface area contributed by atoms with Crippen molar-refractivity contribution in [3.05, 3.63) is 101 Å². The third-order valence-corrected chi connectivity index (χ3v) is 6.27. The molecule has 1 aliphatic rings. The van der Waals surface area contributed by atoms with E-state index < -0.39 is 6.10 Å². The van der Waals surface area contributed by atoms with E-state index in [9.17, 15) is 5.11 Å². The van der Waals surface area contributed by atoms with E-state index in [0.29, 0.717) is 11.6 Å². The summed E-state index contributed by atoms with van der Waals surface area (Å²) in [5, 5.41) is 11.2. The molecule has 0 radical (unpaired) electrons. The van der Waals surface area contributed by atoms with Gasteiger partial charge in [0, 0.05) is 37.7 Å². The highest BCUT2D eigenvalue weighted by Crippen LogP contribution is 2.29. The molecule has 0 aromatic heterocycles. The van der Waals surface area contributed by atoms with Gasteiger partial charge in [-0.25, -0.2) is 0 Å². The molecule has 4 rings (SSSR count). The summed E-state index contributed by atoms with van der Waals surface area (Å²) in [7, 11) is 0. The topological polar surface area (TPSA) is 35.9 Å². The molecule has 0 unspecified atom stereocenters. The summed E-state index contributed by atoms with van der Waals surface area (Å²) in [6.45, 7) is 6.61. The Morgan fingerprint density at radius 2 is 1.47 bits per heavy atom. The average Bonchev–Trinajstić information content (AvgIpc) is 2.81. The number of β-amino-alcohol motifs (C(OH)–C–C–N with tert-alkyl or cyclic N) is 1. The van der Waals surface area contributed by atoms with Crippen molar-refractivity contribution < 1.29 is 9.84 Å². The van der Waals surface area contributed by atoms with E-state index in [2.05, 4.69) is 70.5 Å². The van der Waals surface area contributed by atoms with Gasteiger partial charge in [0.25, 0.3) is 0 Å². The first-order valence-corrected chi connectivity index (χ1v) is 11.6. The van der Waals surface area contributed by atoms with Crippen molar-refractivity contribution >= 4 is 11.6 Å². The van der Waals surface area contributed by atoms with Crippen LogP contribution in [0.25, 0.3) is 0 Å². The van der Waals surface area contributed by atoms with Gasteiger partial charge in [-0.1, -0.05) is 72.3 Å². The van der Waals surface area contributed by atoms with Crippen LogP contribution in [0.1, 0.15) is 22.7 Å². The van der Waals surface area contributed by atoms with E-state index >= 15 is 0 Å². The summed E-state index contributed by atoms with van der Waals surface area (Å²) in [6, 6.07) is 27.2. The van der Waals surface area contributed by atoms with Gasteiger partial charge in [-0.05, 0) is 41.8 Å². The van der Waals surface area contributed by atoms with Crippen LogP contribution in [0.5, 0.6) is 5.75 Å². The van der Waals surface area contributed by atoms with Crippen molar-refractivity contribution in [2.45, 2.75) is 19.1 Å². The van der Waals surface area contributed by atoms with Gasteiger partial charge >= 0.3 is 0 Å². The number of aryl methyl sites for hydroxylation is 1. The van der Waals surface area contributed by atoms with Gasteiger partial charge in [0.15, 0.2) is 0 Å². The maximum atomic E-state index is 10.5. The van der Waals surface area contributed by atoms with E-state index in [0.717, 1.165) is 37.5 Å². The molecule has 1 saturated heterocycles. The zero-order valence-corrected chi connectivity index (χ0v) is 19.3. The van der Waals surface area contributed by atoms with Gasteiger partial charge in [0.2, 0.25) is 0 Å². The Bertz CT molecular complexity index is 936. The lowest BCUT2D eigenvalue weighted by Crippen LogP contribution is -2.50. The largest absolute Gasteiger partial charge is 0.491 e. The predicted octanol–water partition coefficient (Wildman–Crippen LogP) is 4.80. The molecule has 168 valence electrons. The molecular weight excluding hydrogens is 420 g/mol. The van der Waals surface area contributed by atoms with Gasteiger partial charge in [-0.3, -0.25) is 9.80 Å². The zero-order valence-electron chi connectivity index (χ0n) is 18.5. The normalized spacial score (nSPS) is 16.2. The minimum atomic E-state index is -0.532. The summed E-state index contributed by atoms with van der Waals surface area (Å²) < 4.78 is 5.82. The van der Waals surface area contributed by atoms with Crippen LogP contribution in [-0.2, 0) is 0 Å². The van der Waals surface area contributed by atoms with Crippen molar-refractivity contribution in [1.82, 2.24) is 9.80 Å². The lowest BCUT2D eigenvalue weighted by molar-refractivity contribution is 0.0399. The SMILES string of the molecule is Cc1cc(Cl)ccc1OC[C@H](O)CN1CCN(C(c2ccccc2)c2ccccc2)CC1. The number of benzene rings is 3. The fourth-order valence-electron chi connectivity index (χ4n) is 4.40. The molecule has 3 aromatic rings. The molecule has 5 heteroatoms. The molecule has 1 heterocycles. The molecule has 0 bridgehead atoms. The number of aliphatic hydroxyl groups is 1. The van der Waals surface area contributed by atoms with E-state index in [-0.39, 0.29) is 12.6 Å². The molecule has 0 saturated carbocycles. The molecule has 1 aliphatic heterocycles. The molecule has 32 heavy (non-hydrogen) atoms. The summed E-state index contributed by atoms with van der Waals surface area (Å²) in [5.41, 5.74) is 3.61. The van der Waals surface area contributed by atoms with Crippen molar-refractivity contribution in [1.29, 1.82) is 0 Å². The number of hydrogen-bond donors (Lipinski definition) is 1. The number of piperazine rings is 1. The molecular formula is C27H31ClN2O2. The number of rotatable bonds is 8. The predicted molar refractivity (Wildman–Crippen MR) is 130 cm³/mol. The fourth-order valence-corrected chi connectivity index (χ4v) is 4.63. The third kappa shape index (κ3) is 5.90. The van der Waals surface area contributed by atoms with Gasteiger partial charge in [-0.15, -0.1) is 0 Å². The average molecular weight is 451 g/mol. The van der Waals surface area contributed by atoms with E-state index in [4.69, 9.17) is 16.3 Å². The van der Waals surface area contributed by atoms with E-state index in [1.165, 1.54) is 11.1 Å². The first-order chi connectivity index (χ1) is 15.6. The Kier molecular flexibility index (Phi) is 7.82. The first kappa shape index (κ1) is 22.8. The Morgan fingerprint density at radius 3 is 2.03 bits per heavy atom. The highest BCUT2D eigenvalue weighted by molar-refractivity contribution is 6.30. The fraction of sp³-hybridized carbons (Fsp3) is 0.333. The second-order valence-corrected chi connectivity index (χ2v) is 8.87. The Labute approximate surface area is 196 Å². The summed E-state index contributed by atoms with van der Waals surface area (Å²) in [5.74, 6) is 0.770. The summed E-state index contributed by atoms with van der Waals surface area (Å²) in [6.07, 6.45) is -0.532. The van der Waals surface area contributed by atoms with E-state index in [1.54, 1.807) is 0 Å². The molecule has 0 amide bonds. The van der Waals surface area contributed by atoms with Crippen LogP contribution in [0.2, 0.25) is 5.02 Å². The number of ether oxygens (including phenoxy) is 1. The maximum absolute atomic E-state index is 10.5. The summed E-state index contributed by atoms with van der Waals surface area (Å²) in [4.78, 5) is 4.87. The molecule has 3 aromatic carbocycles. The lowest BCUT2D eigenvalue weighted by atomic mass is 9.96. The van der Waals surface area contributed by atoms with Crippen LogP contribution in [0, 0.1) is 6.92 Å². The molecule has 0 spiro atoms. The van der Waals surface area contributed by atoms with Crippen molar-refractivity contribution in [3.8, 4) is 5.75 Å². The van der Waals surface area contributed by atoms with Crippen molar-refractivity contribution in [2.75, 3.05) is 39.3 Å². The molecule has 1 fully saturated rings. The van der Waals surface area contributed by atoms with Gasteiger partial charge in [0.05, 0.1) is 6.04 Å². The van der Waals surface area contributed by atoms with Crippen LogP contribution < -0.4 is 4.74 Å². The highest BCUT2D eigenvalue weighted by Gasteiger charge is 2.27. The van der Waals surface area contributed by atoms with Crippen LogP contribution in [0.15, 0.2) is 78.9 Å². The quantitative estimate of drug-likeness (QED) is 0.535. The van der Waals surface area contributed by atoms with E-state index in [1.807, 2.05) is 25.1 Å². The molecule has 1 N–H and O–H groups in total. The molecule has 0 aliphatic carbocycles. The Balaban J connectivity index is 1.32. The zero-order chi connectivity index (χ0) is 22.3. The maximum Gasteiger partial charge on any atom is 0.122 e. The number of nitrogens with zero attached hydrogens (tertiary/aromatic N) is 2. The second-order valence-electron chi connectivity index (χ2n) is 8.44. The number of hydrogen-bond acceptors (Lipinski definition) is 4. The molecule has 4 nitrogen and oxygen atoms in total. The summed E-state index contributed by atoms with van der Waals surface area (Å²) >= 11 is 6.01. The van der Waals surface area contributed by atoms with Gasteiger partial charge in [-0.2, -0.15) is 0 Å². The van der Waals surface area contributed by atoms with Crippen molar-refractivity contribution in [3.63, 3.8) is 0 Å².